The van der Waals surface area contributed by atoms with Gasteiger partial charge in [-0.3, -0.25) is 0 Å². The second-order valence-electron chi connectivity index (χ2n) is 4.20. The minimum Gasteiger partial charge on any atom is -0.465 e. The van der Waals surface area contributed by atoms with Crippen LogP contribution in [0, 0.1) is 0 Å². The molecule has 0 aromatic carbocycles. The lowest BCUT2D eigenvalue weighted by Crippen LogP contribution is -2.33. The van der Waals surface area contributed by atoms with Gasteiger partial charge in [-0.15, -0.1) is 0 Å². The van der Waals surface area contributed by atoms with Crippen molar-refractivity contribution in [1.82, 2.24) is 14.9 Å². The van der Waals surface area contributed by atoms with Gasteiger partial charge in [0.2, 0.25) is 5.95 Å². The highest BCUT2D eigenvalue weighted by Gasteiger charge is 2.22. The zero-order valence-corrected chi connectivity index (χ0v) is 10.6. The van der Waals surface area contributed by atoms with Gasteiger partial charge in [-0.25, -0.2) is 9.78 Å². The summed E-state index contributed by atoms with van der Waals surface area (Å²) < 4.78 is 0. The van der Waals surface area contributed by atoms with Crippen LogP contribution in [0.2, 0.25) is 0 Å². The van der Waals surface area contributed by atoms with E-state index in [-0.39, 0.29) is 0 Å². The first-order valence-electron chi connectivity index (χ1n) is 5.90. The average Bonchev–Trinajstić information content (AvgIpc) is 2.50. The third kappa shape index (κ3) is 2.44. The molecule has 2 heterocycles. The Bertz CT molecular complexity index is 451. The summed E-state index contributed by atoms with van der Waals surface area (Å²) in [5.41, 5.74) is 0.832. The Balaban J connectivity index is 2.31. The fourth-order valence-electron chi connectivity index (χ4n) is 1.91. The number of nitrogens with one attached hydrogen (secondary N) is 1. The van der Waals surface area contributed by atoms with Crippen LogP contribution in [0.25, 0.3) is 0 Å². The minimum atomic E-state index is -0.910. The van der Waals surface area contributed by atoms with E-state index in [1.165, 1.54) is 4.90 Å². The van der Waals surface area contributed by atoms with Gasteiger partial charge in [-0.05, 0) is 6.92 Å². The quantitative estimate of drug-likeness (QED) is 0.810. The van der Waals surface area contributed by atoms with Crippen LogP contribution in [0.15, 0.2) is 6.20 Å². The maximum absolute atomic E-state index is 11.0. The number of hydrogen-bond donors (Lipinski definition) is 2. The number of nitrogens with zero attached hydrogens (tertiary/aromatic N) is 4. The smallest absolute Gasteiger partial charge is 0.407 e. The molecule has 1 aromatic heterocycles. The topological polar surface area (TPSA) is 81.6 Å². The summed E-state index contributed by atoms with van der Waals surface area (Å²) in [5.74, 6) is 1.37. The zero-order valence-electron chi connectivity index (χ0n) is 10.6. The van der Waals surface area contributed by atoms with E-state index in [0.717, 1.165) is 17.9 Å². The molecule has 18 heavy (non-hydrogen) atoms. The number of hydrogen-bond acceptors (Lipinski definition) is 5. The fourth-order valence-corrected chi connectivity index (χ4v) is 1.91. The van der Waals surface area contributed by atoms with E-state index in [4.69, 9.17) is 5.11 Å². The van der Waals surface area contributed by atoms with Crippen LogP contribution in [0.4, 0.5) is 16.6 Å². The van der Waals surface area contributed by atoms with Crippen molar-refractivity contribution in [3.05, 3.63) is 11.8 Å². The summed E-state index contributed by atoms with van der Waals surface area (Å²) in [4.78, 5) is 23.0. The van der Waals surface area contributed by atoms with Crippen LogP contribution in [0.1, 0.15) is 12.5 Å². The Morgan fingerprint density at radius 2 is 2.33 bits per heavy atom. The Kier molecular flexibility index (Phi) is 3.50. The van der Waals surface area contributed by atoms with Crippen molar-refractivity contribution >= 4 is 17.9 Å². The number of rotatable bonds is 2. The van der Waals surface area contributed by atoms with Crippen LogP contribution < -0.4 is 10.2 Å². The van der Waals surface area contributed by atoms with E-state index in [1.54, 1.807) is 6.20 Å². The molecule has 0 spiro atoms. The number of carbonyl (C=O) groups is 1. The molecule has 0 bridgehead atoms. The lowest BCUT2D eigenvalue weighted by atomic mass is 10.3. The molecule has 0 saturated heterocycles. The van der Waals surface area contributed by atoms with Crippen LogP contribution in [-0.2, 0) is 6.54 Å². The first-order chi connectivity index (χ1) is 8.61. The van der Waals surface area contributed by atoms with Gasteiger partial charge in [-0.2, -0.15) is 4.98 Å². The number of amides is 1. The molecule has 1 aliphatic rings. The lowest BCUT2D eigenvalue weighted by Gasteiger charge is -2.17. The molecule has 0 aliphatic carbocycles. The van der Waals surface area contributed by atoms with Gasteiger partial charge < -0.3 is 20.2 Å². The van der Waals surface area contributed by atoms with E-state index in [0.29, 0.717) is 25.6 Å². The zero-order chi connectivity index (χ0) is 13.1. The van der Waals surface area contributed by atoms with Crippen molar-refractivity contribution in [2.45, 2.75) is 13.5 Å². The van der Waals surface area contributed by atoms with E-state index in [2.05, 4.69) is 15.3 Å². The van der Waals surface area contributed by atoms with Gasteiger partial charge in [0.15, 0.2) is 0 Å². The maximum atomic E-state index is 11.0. The highest BCUT2D eigenvalue weighted by Crippen LogP contribution is 2.22. The third-order valence-corrected chi connectivity index (χ3v) is 2.88. The highest BCUT2D eigenvalue weighted by molar-refractivity contribution is 5.66. The Morgan fingerprint density at radius 1 is 1.56 bits per heavy atom. The number of anilines is 2. The van der Waals surface area contributed by atoms with Crippen molar-refractivity contribution in [1.29, 1.82) is 0 Å². The van der Waals surface area contributed by atoms with E-state index >= 15 is 0 Å². The molecule has 1 aromatic rings. The molecule has 7 heteroatoms. The minimum absolute atomic E-state index is 0.335. The standard InChI is InChI=1S/C11H17N5O2/c1-3-12-10-13-6-8-7-16(11(17)18)5-4-15(2)9(8)14-10/h6H,3-5,7H2,1-2H3,(H,17,18)(H,12,13,14). The molecule has 0 radical (unpaired) electrons. The van der Waals surface area contributed by atoms with Crippen molar-refractivity contribution < 1.29 is 9.90 Å². The first kappa shape index (κ1) is 12.4. The SMILES string of the molecule is CCNc1ncc2c(n1)N(C)CCN(C(=O)O)C2. The van der Waals surface area contributed by atoms with Crippen molar-refractivity contribution in [3.8, 4) is 0 Å². The maximum Gasteiger partial charge on any atom is 0.407 e. The van der Waals surface area contributed by atoms with Gasteiger partial charge >= 0.3 is 6.09 Å². The van der Waals surface area contributed by atoms with Gasteiger partial charge in [-0.1, -0.05) is 0 Å². The summed E-state index contributed by atoms with van der Waals surface area (Å²) in [6.45, 7) is 4.16. The monoisotopic (exact) mass is 251 g/mol. The molecule has 0 atom stereocenters. The predicted molar refractivity (Wildman–Crippen MR) is 67.9 cm³/mol. The lowest BCUT2D eigenvalue weighted by molar-refractivity contribution is 0.144. The van der Waals surface area contributed by atoms with Crippen LogP contribution in [0.5, 0.6) is 0 Å². The Labute approximate surface area is 105 Å². The molecular formula is C11H17N5O2. The second kappa shape index (κ2) is 5.07. The molecule has 2 rings (SSSR count). The van der Waals surface area contributed by atoms with E-state index in [9.17, 15) is 4.79 Å². The summed E-state index contributed by atoms with van der Waals surface area (Å²) in [6, 6.07) is 0. The first-order valence-corrected chi connectivity index (χ1v) is 5.90. The molecule has 1 aliphatic heterocycles. The summed E-state index contributed by atoms with van der Waals surface area (Å²) in [6.07, 6.45) is 0.782. The molecule has 0 fully saturated rings. The normalized spacial score (nSPS) is 15.0. The summed E-state index contributed by atoms with van der Waals surface area (Å²) in [5, 5.41) is 12.1. The fraction of sp³-hybridized carbons (Fsp3) is 0.545. The van der Waals surface area contributed by atoms with Crippen molar-refractivity contribution in [2.75, 3.05) is 36.9 Å². The molecule has 98 valence electrons. The number of carboxylic acid groups (broad SMARTS) is 1. The summed E-state index contributed by atoms with van der Waals surface area (Å²) >= 11 is 0. The van der Waals surface area contributed by atoms with E-state index < -0.39 is 6.09 Å². The Morgan fingerprint density at radius 3 is 3.00 bits per heavy atom. The molecule has 7 nitrogen and oxygen atoms in total. The summed E-state index contributed by atoms with van der Waals surface area (Å²) in [7, 11) is 1.91. The Hall–Kier alpha value is -2.05. The van der Waals surface area contributed by atoms with Crippen LogP contribution in [-0.4, -0.2) is 52.7 Å². The van der Waals surface area contributed by atoms with Gasteiger partial charge in [0.05, 0.1) is 6.54 Å². The number of fused-ring (bicyclic) bond motifs is 1. The molecule has 2 N–H and O–H groups in total. The molecule has 0 saturated carbocycles. The second-order valence-corrected chi connectivity index (χ2v) is 4.20. The van der Waals surface area contributed by atoms with Crippen molar-refractivity contribution in [3.63, 3.8) is 0 Å². The van der Waals surface area contributed by atoms with Crippen LogP contribution >= 0.6 is 0 Å². The van der Waals surface area contributed by atoms with Crippen molar-refractivity contribution in [2.24, 2.45) is 0 Å². The average molecular weight is 251 g/mol. The predicted octanol–water partition coefficient (Wildman–Crippen LogP) is 0.838. The van der Waals surface area contributed by atoms with E-state index in [1.807, 2.05) is 18.9 Å². The number of aromatic nitrogens is 2. The largest absolute Gasteiger partial charge is 0.465 e. The van der Waals surface area contributed by atoms with Gasteiger partial charge in [0.25, 0.3) is 0 Å². The third-order valence-electron chi connectivity index (χ3n) is 2.88. The molecule has 1 amide bonds. The highest BCUT2D eigenvalue weighted by atomic mass is 16.4. The number of likely N-dealkylation sites (N-methyl/N-ethyl adjacent to an activating group) is 1. The van der Waals surface area contributed by atoms with Gasteiger partial charge in [0, 0.05) is 38.4 Å². The van der Waals surface area contributed by atoms with Gasteiger partial charge in [0.1, 0.15) is 5.82 Å². The van der Waals surface area contributed by atoms with Crippen LogP contribution in [0.3, 0.4) is 0 Å². The molecular weight excluding hydrogens is 234 g/mol. The molecule has 0 unspecified atom stereocenters.